The lowest BCUT2D eigenvalue weighted by Gasteiger charge is -2.14. The van der Waals surface area contributed by atoms with Gasteiger partial charge in [0.25, 0.3) is 0 Å². The van der Waals surface area contributed by atoms with Gasteiger partial charge in [0, 0.05) is 28.7 Å². The number of rotatable bonds is 6. The highest BCUT2D eigenvalue weighted by Crippen LogP contribution is 2.23. The first-order valence-corrected chi connectivity index (χ1v) is 8.09. The van der Waals surface area contributed by atoms with Crippen LogP contribution < -0.4 is 5.73 Å². The van der Waals surface area contributed by atoms with Crippen molar-refractivity contribution in [1.29, 1.82) is 0 Å². The third kappa shape index (κ3) is 3.92. The van der Waals surface area contributed by atoms with Crippen molar-refractivity contribution in [1.82, 2.24) is 9.78 Å². The number of aromatic nitrogens is 2. The van der Waals surface area contributed by atoms with Gasteiger partial charge in [-0.15, -0.1) is 0 Å². The first-order chi connectivity index (χ1) is 10.0. The summed E-state index contributed by atoms with van der Waals surface area (Å²) < 4.78 is 16.7. The minimum absolute atomic E-state index is 0.273. The Morgan fingerprint density at radius 1 is 1.29 bits per heavy atom. The van der Waals surface area contributed by atoms with Crippen molar-refractivity contribution >= 4 is 15.9 Å². The van der Waals surface area contributed by atoms with Gasteiger partial charge < -0.3 is 5.73 Å². The molecular weight excluding hydrogens is 333 g/mol. The Balaban J connectivity index is 2.12. The van der Waals surface area contributed by atoms with Crippen LogP contribution in [0.4, 0.5) is 4.39 Å². The largest absolute Gasteiger partial charge is 0.324 e. The molecule has 5 heteroatoms. The average Bonchev–Trinajstić information content (AvgIpc) is 2.91. The quantitative estimate of drug-likeness (QED) is 0.836. The van der Waals surface area contributed by atoms with Gasteiger partial charge in [0.2, 0.25) is 0 Å². The molecule has 21 heavy (non-hydrogen) atoms. The molecule has 0 radical (unpaired) electrons. The van der Waals surface area contributed by atoms with Crippen LogP contribution in [0.1, 0.15) is 50.0 Å². The Hall–Kier alpha value is -1.20. The summed E-state index contributed by atoms with van der Waals surface area (Å²) in [6.45, 7) is 4.30. The number of benzene rings is 1. The molecule has 0 amide bonds. The monoisotopic (exact) mass is 353 g/mol. The molecule has 0 saturated heterocycles. The van der Waals surface area contributed by atoms with Gasteiger partial charge in [0.15, 0.2) is 0 Å². The molecule has 0 aliphatic rings. The van der Waals surface area contributed by atoms with Crippen LogP contribution in [0, 0.1) is 5.82 Å². The molecule has 0 aliphatic carbocycles. The van der Waals surface area contributed by atoms with Crippen LogP contribution in [-0.4, -0.2) is 9.78 Å². The Kier molecular flexibility index (Phi) is 5.53. The van der Waals surface area contributed by atoms with E-state index in [4.69, 9.17) is 5.73 Å². The van der Waals surface area contributed by atoms with Crippen molar-refractivity contribution in [3.8, 4) is 0 Å². The van der Waals surface area contributed by atoms with Crippen LogP contribution in [0.25, 0.3) is 0 Å². The molecule has 2 aromatic rings. The minimum Gasteiger partial charge on any atom is -0.324 e. The van der Waals surface area contributed by atoms with Crippen LogP contribution in [0.3, 0.4) is 0 Å². The first-order valence-electron chi connectivity index (χ1n) is 7.29. The zero-order valence-electron chi connectivity index (χ0n) is 12.4. The van der Waals surface area contributed by atoms with E-state index in [0.717, 1.165) is 23.0 Å². The van der Waals surface area contributed by atoms with Crippen molar-refractivity contribution < 1.29 is 4.39 Å². The van der Waals surface area contributed by atoms with Crippen LogP contribution in [0.5, 0.6) is 0 Å². The highest BCUT2D eigenvalue weighted by atomic mass is 79.9. The summed E-state index contributed by atoms with van der Waals surface area (Å²) in [6.07, 6.45) is 4.60. The van der Waals surface area contributed by atoms with Crippen molar-refractivity contribution in [3.05, 3.63) is 52.0 Å². The van der Waals surface area contributed by atoms with Crippen LogP contribution in [0.15, 0.2) is 34.9 Å². The number of nitrogens with two attached hydrogens (primary N) is 1. The summed E-state index contributed by atoms with van der Waals surface area (Å²) in [5.74, 6) is -0.273. The second-order valence-corrected chi connectivity index (χ2v) is 6.15. The highest BCUT2D eigenvalue weighted by molar-refractivity contribution is 9.10. The van der Waals surface area contributed by atoms with Crippen molar-refractivity contribution in [2.24, 2.45) is 5.73 Å². The highest BCUT2D eigenvalue weighted by Gasteiger charge is 2.15. The number of nitrogens with zero attached hydrogens (tertiary/aromatic N) is 2. The van der Waals surface area contributed by atoms with Gasteiger partial charge >= 0.3 is 0 Å². The van der Waals surface area contributed by atoms with Crippen LogP contribution >= 0.6 is 15.9 Å². The van der Waals surface area contributed by atoms with E-state index in [1.165, 1.54) is 6.07 Å². The van der Waals surface area contributed by atoms with E-state index < -0.39 is 6.04 Å². The first kappa shape index (κ1) is 16.2. The number of halogens is 2. The van der Waals surface area contributed by atoms with Gasteiger partial charge in [-0.3, -0.25) is 4.68 Å². The topological polar surface area (TPSA) is 43.8 Å². The van der Waals surface area contributed by atoms with Crippen molar-refractivity contribution in [3.63, 3.8) is 0 Å². The van der Waals surface area contributed by atoms with Gasteiger partial charge in [0.1, 0.15) is 5.82 Å². The summed E-state index contributed by atoms with van der Waals surface area (Å²) in [7, 11) is 0. The maximum absolute atomic E-state index is 13.8. The molecule has 3 nitrogen and oxygen atoms in total. The molecule has 0 fully saturated rings. The van der Waals surface area contributed by atoms with Gasteiger partial charge in [0.05, 0.1) is 11.7 Å². The molecular formula is C16H21BrFN3. The molecule has 0 spiro atoms. The standard InChI is InChI=1S/C16H21BrFN3/c1-3-13(4-2)21-8-7-12(20-21)10-16(19)14-9-11(17)5-6-15(14)18/h5-9,13,16H,3-4,10,19H2,1-2H3. The smallest absolute Gasteiger partial charge is 0.128 e. The summed E-state index contributed by atoms with van der Waals surface area (Å²) in [4.78, 5) is 0. The lowest BCUT2D eigenvalue weighted by molar-refractivity contribution is 0.424. The zero-order valence-corrected chi connectivity index (χ0v) is 14.0. The van der Waals surface area contributed by atoms with Crippen molar-refractivity contribution in [2.75, 3.05) is 0 Å². The SMILES string of the molecule is CCC(CC)n1ccc(CC(N)c2cc(Br)ccc2F)n1. The summed E-state index contributed by atoms with van der Waals surface area (Å²) in [6, 6.07) is 6.83. The van der Waals surface area contributed by atoms with Crippen LogP contribution in [0.2, 0.25) is 0 Å². The van der Waals surface area contributed by atoms with Crippen LogP contribution in [-0.2, 0) is 6.42 Å². The normalized spacial score (nSPS) is 12.9. The van der Waals surface area contributed by atoms with E-state index in [0.29, 0.717) is 18.0 Å². The van der Waals surface area contributed by atoms with E-state index in [1.54, 1.807) is 12.1 Å². The molecule has 1 unspecified atom stereocenters. The fraction of sp³-hybridized carbons (Fsp3) is 0.438. The molecule has 1 atom stereocenters. The third-order valence-corrected chi connectivity index (χ3v) is 4.26. The van der Waals surface area contributed by atoms with E-state index in [9.17, 15) is 4.39 Å². The molecule has 0 aliphatic heterocycles. The molecule has 1 aromatic heterocycles. The van der Waals surface area contributed by atoms with E-state index in [2.05, 4.69) is 34.9 Å². The van der Waals surface area contributed by atoms with Gasteiger partial charge in [-0.05, 0) is 37.1 Å². The molecule has 1 heterocycles. The lowest BCUT2D eigenvalue weighted by atomic mass is 10.0. The number of hydrogen-bond donors (Lipinski definition) is 1. The second-order valence-electron chi connectivity index (χ2n) is 5.23. The molecule has 0 bridgehead atoms. The summed E-state index contributed by atoms with van der Waals surface area (Å²) in [5, 5.41) is 4.57. The maximum Gasteiger partial charge on any atom is 0.128 e. The van der Waals surface area contributed by atoms with Crippen molar-refractivity contribution in [2.45, 2.75) is 45.2 Å². The predicted octanol–water partition coefficient (Wildman–Crippen LogP) is 4.39. The third-order valence-electron chi connectivity index (χ3n) is 3.77. The Bertz CT molecular complexity index is 593. The maximum atomic E-state index is 13.8. The molecule has 114 valence electrons. The fourth-order valence-corrected chi connectivity index (χ4v) is 2.87. The second kappa shape index (κ2) is 7.18. The van der Waals surface area contributed by atoms with Gasteiger partial charge in [-0.1, -0.05) is 29.8 Å². The average molecular weight is 354 g/mol. The Morgan fingerprint density at radius 3 is 2.67 bits per heavy atom. The number of hydrogen-bond acceptors (Lipinski definition) is 2. The van der Waals surface area contributed by atoms with Gasteiger partial charge in [-0.2, -0.15) is 5.10 Å². The van der Waals surface area contributed by atoms with E-state index >= 15 is 0 Å². The van der Waals surface area contributed by atoms with E-state index in [1.807, 2.05) is 16.9 Å². The molecule has 1 aromatic carbocycles. The Morgan fingerprint density at radius 2 is 2.00 bits per heavy atom. The Labute approximate surface area is 133 Å². The molecule has 2 rings (SSSR count). The fourth-order valence-electron chi connectivity index (χ4n) is 2.49. The zero-order chi connectivity index (χ0) is 15.4. The minimum atomic E-state index is -0.396. The molecule has 2 N–H and O–H groups in total. The van der Waals surface area contributed by atoms with E-state index in [-0.39, 0.29) is 5.82 Å². The summed E-state index contributed by atoms with van der Waals surface area (Å²) >= 11 is 3.35. The summed E-state index contributed by atoms with van der Waals surface area (Å²) in [5.41, 5.74) is 7.55. The molecule has 0 saturated carbocycles. The lowest BCUT2D eigenvalue weighted by Crippen LogP contribution is -2.16. The van der Waals surface area contributed by atoms with Gasteiger partial charge in [-0.25, -0.2) is 4.39 Å². The predicted molar refractivity (Wildman–Crippen MR) is 86.6 cm³/mol.